The fourth-order valence-electron chi connectivity index (χ4n) is 2.19. The second kappa shape index (κ2) is 8.72. The Balaban J connectivity index is 2.53. The molecule has 0 aliphatic carbocycles. The van der Waals surface area contributed by atoms with Crippen molar-refractivity contribution in [1.82, 2.24) is 4.90 Å². The van der Waals surface area contributed by atoms with Gasteiger partial charge in [0.25, 0.3) is 0 Å². The third kappa shape index (κ3) is 5.31. The molecule has 0 spiro atoms. The van der Waals surface area contributed by atoms with Gasteiger partial charge in [0.05, 0.1) is 6.54 Å². The van der Waals surface area contributed by atoms with Crippen molar-refractivity contribution in [3.05, 3.63) is 29.3 Å². The molecule has 0 aliphatic rings. The Kier molecular flexibility index (Phi) is 7.26. The first-order valence-electron chi connectivity index (χ1n) is 7.27. The summed E-state index contributed by atoms with van der Waals surface area (Å²) >= 11 is 0. The Morgan fingerprint density at radius 2 is 1.90 bits per heavy atom. The van der Waals surface area contributed by atoms with Crippen LogP contribution in [0.1, 0.15) is 30.9 Å². The van der Waals surface area contributed by atoms with Crippen molar-refractivity contribution in [2.24, 2.45) is 0 Å². The molecule has 4 heteroatoms. The van der Waals surface area contributed by atoms with E-state index in [1.807, 2.05) is 39.0 Å². The number of nitrogens with one attached hydrogen (secondary N) is 1. The van der Waals surface area contributed by atoms with E-state index in [9.17, 15) is 4.79 Å². The fraction of sp³-hybridized carbons (Fsp3) is 0.562. The highest BCUT2D eigenvalue weighted by atomic mass is 16.2. The minimum absolute atomic E-state index is 0.0215. The van der Waals surface area contributed by atoms with Gasteiger partial charge in [0, 0.05) is 12.3 Å². The molecule has 20 heavy (non-hydrogen) atoms. The fourth-order valence-corrected chi connectivity index (χ4v) is 2.19. The quantitative estimate of drug-likeness (QED) is 0.718. The average Bonchev–Trinajstić information content (AvgIpc) is 2.42. The molecule has 0 bridgehead atoms. The number of rotatable bonds is 8. The van der Waals surface area contributed by atoms with E-state index in [1.165, 1.54) is 0 Å². The summed E-state index contributed by atoms with van der Waals surface area (Å²) in [4.78, 5) is 14.2. The number of carbonyl (C=O) groups excluding carboxylic acids is 1. The first-order valence-corrected chi connectivity index (χ1v) is 7.27. The Hall–Kier alpha value is -1.39. The topological polar surface area (TPSA) is 52.6 Å². The number of para-hydroxylation sites is 1. The molecule has 0 heterocycles. The molecule has 0 saturated heterocycles. The van der Waals surface area contributed by atoms with Crippen LogP contribution >= 0.6 is 0 Å². The Labute approximate surface area is 121 Å². The molecule has 1 aromatic rings. The number of likely N-dealkylation sites (N-methyl/N-ethyl adjacent to an activating group) is 1. The standard InChI is InChI=1S/C16H26N2O2/c1-4-18(10-5-6-11-19)12-15(20)17-16-13(2)8-7-9-14(16)3/h7-9,19H,4-6,10-12H2,1-3H3,(H,17,20). The number of unbranched alkanes of at least 4 members (excludes halogenated alkanes) is 1. The van der Waals surface area contributed by atoms with Crippen molar-refractivity contribution in [2.75, 3.05) is 31.6 Å². The Morgan fingerprint density at radius 3 is 2.45 bits per heavy atom. The highest BCUT2D eigenvalue weighted by Crippen LogP contribution is 2.19. The van der Waals surface area contributed by atoms with Crippen LogP contribution in [0.3, 0.4) is 0 Å². The second-order valence-electron chi connectivity index (χ2n) is 5.11. The molecule has 0 aliphatic heterocycles. The van der Waals surface area contributed by atoms with Crippen molar-refractivity contribution >= 4 is 11.6 Å². The van der Waals surface area contributed by atoms with Crippen LogP contribution in [0, 0.1) is 13.8 Å². The summed E-state index contributed by atoms with van der Waals surface area (Å²) in [5, 5.41) is 11.8. The van der Waals surface area contributed by atoms with Crippen LogP contribution in [0.2, 0.25) is 0 Å². The number of hydrogen-bond acceptors (Lipinski definition) is 3. The molecule has 0 radical (unpaired) electrons. The summed E-state index contributed by atoms with van der Waals surface area (Å²) < 4.78 is 0. The van der Waals surface area contributed by atoms with Crippen LogP contribution in [0.5, 0.6) is 0 Å². The van der Waals surface area contributed by atoms with Crippen molar-refractivity contribution in [2.45, 2.75) is 33.6 Å². The van der Waals surface area contributed by atoms with Gasteiger partial charge in [-0.1, -0.05) is 25.1 Å². The zero-order chi connectivity index (χ0) is 15.0. The predicted octanol–water partition coefficient (Wildman–Crippen LogP) is 2.34. The van der Waals surface area contributed by atoms with E-state index < -0.39 is 0 Å². The molecule has 4 nitrogen and oxygen atoms in total. The number of carbonyl (C=O) groups is 1. The van der Waals surface area contributed by atoms with E-state index in [0.717, 1.165) is 42.7 Å². The van der Waals surface area contributed by atoms with E-state index in [0.29, 0.717) is 6.54 Å². The molecule has 0 aromatic heterocycles. The average molecular weight is 278 g/mol. The maximum atomic E-state index is 12.1. The molecule has 0 atom stereocenters. The number of hydrogen-bond donors (Lipinski definition) is 2. The molecule has 1 amide bonds. The number of benzene rings is 1. The third-order valence-electron chi connectivity index (χ3n) is 3.44. The van der Waals surface area contributed by atoms with Gasteiger partial charge in [0.1, 0.15) is 0 Å². The van der Waals surface area contributed by atoms with E-state index in [4.69, 9.17) is 5.11 Å². The van der Waals surface area contributed by atoms with Crippen LogP contribution in [-0.2, 0) is 4.79 Å². The first-order chi connectivity index (χ1) is 9.58. The lowest BCUT2D eigenvalue weighted by Gasteiger charge is -2.20. The van der Waals surface area contributed by atoms with E-state index in [-0.39, 0.29) is 12.5 Å². The second-order valence-corrected chi connectivity index (χ2v) is 5.11. The molecule has 0 unspecified atom stereocenters. The smallest absolute Gasteiger partial charge is 0.238 e. The van der Waals surface area contributed by atoms with Gasteiger partial charge < -0.3 is 10.4 Å². The summed E-state index contributed by atoms with van der Waals surface area (Å²) in [6.45, 7) is 8.35. The molecular weight excluding hydrogens is 252 g/mol. The summed E-state index contributed by atoms with van der Waals surface area (Å²) in [5.41, 5.74) is 3.09. The van der Waals surface area contributed by atoms with Crippen molar-refractivity contribution in [1.29, 1.82) is 0 Å². The number of amides is 1. The van der Waals surface area contributed by atoms with Crippen LogP contribution in [0.15, 0.2) is 18.2 Å². The van der Waals surface area contributed by atoms with Crippen LogP contribution in [0.25, 0.3) is 0 Å². The van der Waals surface area contributed by atoms with E-state index in [1.54, 1.807) is 0 Å². The van der Waals surface area contributed by atoms with Crippen LogP contribution < -0.4 is 5.32 Å². The normalized spacial score (nSPS) is 10.8. The predicted molar refractivity (Wildman–Crippen MR) is 83.0 cm³/mol. The SMILES string of the molecule is CCN(CCCCO)CC(=O)Nc1c(C)cccc1C. The van der Waals surface area contributed by atoms with Crippen molar-refractivity contribution in [3.8, 4) is 0 Å². The highest BCUT2D eigenvalue weighted by molar-refractivity contribution is 5.93. The van der Waals surface area contributed by atoms with Gasteiger partial charge in [0.2, 0.25) is 5.91 Å². The minimum atomic E-state index is 0.0215. The molecule has 0 fully saturated rings. The monoisotopic (exact) mass is 278 g/mol. The van der Waals surface area contributed by atoms with Crippen LogP contribution in [-0.4, -0.2) is 42.2 Å². The maximum Gasteiger partial charge on any atom is 0.238 e. The first kappa shape index (κ1) is 16.7. The molecule has 0 saturated carbocycles. The van der Waals surface area contributed by atoms with Crippen molar-refractivity contribution in [3.63, 3.8) is 0 Å². The lowest BCUT2D eigenvalue weighted by Crippen LogP contribution is -2.34. The summed E-state index contributed by atoms with van der Waals surface area (Å²) in [6.07, 6.45) is 1.70. The van der Waals surface area contributed by atoms with Gasteiger partial charge in [0.15, 0.2) is 0 Å². The Morgan fingerprint density at radius 1 is 1.25 bits per heavy atom. The zero-order valence-corrected chi connectivity index (χ0v) is 12.8. The summed E-state index contributed by atoms with van der Waals surface area (Å²) in [5.74, 6) is 0.0215. The minimum Gasteiger partial charge on any atom is -0.396 e. The third-order valence-corrected chi connectivity index (χ3v) is 3.44. The molecule has 2 N–H and O–H groups in total. The lowest BCUT2D eigenvalue weighted by atomic mass is 10.1. The highest BCUT2D eigenvalue weighted by Gasteiger charge is 2.11. The summed E-state index contributed by atoms with van der Waals surface area (Å²) in [7, 11) is 0. The van der Waals surface area contributed by atoms with Crippen molar-refractivity contribution < 1.29 is 9.90 Å². The van der Waals surface area contributed by atoms with E-state index >= 15 is 0 Å². The van der Waals surface area contributed by atoms with Gasteiger partial charge in [-0.25, -0.2) is 0 Å². The van der Waals surface area contributed by atoms with E-state index in [2.05, 4.69) is 10.2 Å². The zero-order valence-electron chi connectivity index (χ0n) is 12.8. The largest absolute Gasteiger partial charge is 0.396 e. The van der Waals surface area contributed by atoms with Gasteiger partial charge >= 0.3 is 0 Å². The van der Waals surface area contributed by atoms with Gasteiger partial charge in [-0.3, -0.25) is 9.69 Å². The lowest BCUT2D eigenvalue weighted by molar-refractivity contribution is -0.117. The number of nitrogens with zero attached hydrogens (tertiary/aromatic N) is 1. The molecule has 112 valence electrons. The van der Waals surface area contributed by atoms with Gasteiger partial charge in [-0.15, -0.1) is 0 Å². The number of aliphatic hydroxyl groups excluding tert-OH is 1. The van der Waals surface area contributed by atoms with Gasteiger partial charge in [-0.05, 0) is 50.9 Å². The number of anilines is 1. The summed E-state index contributed by atoms with van der Waals surface area (Å²) in [6, 6.07) is 6.00. The van der Waals surface area contributed by atoms with Crippen LogP contribution in [0.4, 0.5) is 5.69 Å². The number of aryl methyl sites for hydroxylation is 2. The Bertz CT molecular complexity index is 412. The maximum absolute atomic E-state index is 12.1. The number of aliphatic hydroxyl groups is 1. The molecule has 1 aromatic carbocycles. The molecule has 1 rings (SSSR count). The molecular formula is C16H26N2O2. The van der Waals surface area contributed by atoms with Gasteiger partial charge in [-0.2, -0.15) is 0 Å².